The Morgan fingerprint density at radius 1 is 1.00 bits per heavy atom. The van der Waals surface area contributed by atoms with E-state index >= 15 is 0 Å². The van der Waals surface area contributed by atoms with Gasteiger partial charge in [0.2, 0.25) is 0 Å². The van der Waals surface area contributed by atoms with Crippen LogP contribution in [-0.4, -0.2) is 15.5 Å². The quantitative estimate of drug-likeness (QED) is 0.798. The van der Waals surface area contributed by atoms with Crippen molar-refractivity contribution in [3.05, 3.63) is 72.8 Å². The molecule has 2 heterocycles. The van der Waals surface area contributed by atoms with E-state index in [2.05, 4.69) is 10.3 Å². The van der Waals surface area contributed by atoms with Crippen molar-refractivity contribution in [2.45, 2.75) is 0 Å². The van der Waals surface area contributed by atoms with Gasteiger partial charge in [-0.2, -0.15) is 0 Å². The number of hydrogen-bond donors (Lipinski definition) is 1. The molecule has 0 aliphatic rings. The van der Waals surface area contributed by atoms with Crippen molar-refractivity contribution in [3.8, 4) is 11.1 Å². The van der Waals surface area contributed by atoms with E-state index in [-0.39, 0.29) is 5.91 Å². The summed E-state index contributed by atoms with van der Waals surface area (Å²) in [5.74, 6) is -0.112. The molecule has 104 valence electrons. The highest BCUT2D eigenvalue weighted by Crippen LogP contribution is 2.20. The molecule has 2 aromatic heterocycles. The van der Waals surface area contributed by atoms with E-state index in [1.165, 1.54) is 0 Å². The number of benzene rings is 1. The van der Waals surface area contributed by atoms with Crippen molar-refractivity contribution in [2.75, 3.05) is 5.32 Å². The zero-order valence-electron chi connectivity index (χ0n) is 11.7. The minimum absolute atomic E-state index is 0.112. The summed E-state index contributed by atoms with van der Waals surface area (Å²) >= 11 is 0. The maximum Gasteiger partial charge on any atom is 0.272 e. The molecule has 21 heavy (non-hydrogen) atoms. The Balaban J connectivity index is 1.76. The number of amides is 1. The number of carbonyl (C=O) groups excluding carboxylic acids is 1. The highest BCUT2D eigenvalue weighted by Gasteiger charge is 2.08. The predicted octanol–water partition coefficient (Wildman–Crippen LogP) is 3.34. The first-order valence-electron chi connectivity index (χ1n) is 6.67. The van der Waals surface area contributed by atoms with E-state index in [0.717, 1.165) is 16.8 Å². The van der Waals surface area contributed by atoms with E-state index in [0.29, 0.717) is 5.69 Å². The summed E-state index contributed by atoms with van der Waals surface area (Å²) in [5, 5.41) is 2.89. The Kier molecular flexibility index (Phi) is 3.51. The Morgan fingerprint density at radius 3 is 2.29 bits per heavy atom. The highest BCUT2D eigenvalue weighted by molar-refractivity contribution is 6.03. The minimum Gasteiger partial charge on any atom is -0.347 e. The van der Waals surface area contributed by atoms with Crippen LogP contribution in [0.2, 0.25) is 0 Å². The molecule has 1 N–H and O–H groups in total. The van der Waals surface area contributed by atoms with Crippen LogP contribution in [0.15, 0.2) is 67.1 Å². The van der Waals surface area contributed by atoms with Gasteiger partial charge in [-0.05, 0) is 47.5 Å². The molecule has 3 rings (SSSR count). The zero-order valence-corrected chi connectivity index (χ0v) is 11.7. The second-order valence-corrected chi connectivity index (χ2v) is 4.77. The van der Waals surface area contributed by atoms with Crippen LogP contribution in [0.5, 0.6) is 0 Å². The molecule has 0 aliphatic carbocycles. The summed E-state index contributed by atoms with van der Waals surface area (Å²) in [7, 11) is 1.85. The highest BCUT2D eigenvalue weighted by atomic mass is 16.1. The fraction of sp³-hybridized carbons (Fsp3) is 0.0588. The summed E-state index contributed by atoms with van der Waals surface area (Å²) in [5.41, 5.74) is 3.60. The van der Waals surface area contributed by atoms with Crippen LogP contribution in [-0.2, 0) is 7.05 Å². The first kappa shape index (κ1) is 13.1. The van der Waals surface area contributed by atoms with Gasteiger partial charge in [0.05, 0.1) is 0 Å². The van der Waals surface area contributed by atoms with E-state index in [9.17, 15) is 4.79 Å². The lowest BCUT2D eigenvalue weighted by Crippen LogP contribution is -2.15. The van der Waals surface area contributed by atoms with E-state index < -0.39 is 0 Å². The standard InChI is InChI=1S/C17H15N3O/c1-20-12-2-3-16(20)17(21)19-15-6-4-13(5-7-15)14-8-10-18-11-9-14/h2-12H,1H3,(H,19,21). The van der Waals surface area contributed by atoms with Gasteiger partial charge >= 0.3 is 0 Å². The van der Waals surface area contributed by atoms with Crippen molar-refractivity contribution in [1.29, 1.82) is 0 Å². The van der Waals surface area contributed by atoms with Crippen LogP contribution in [0, 0.1) is 0 Å². The zero-order chi connectivity index (χ0) is 14.7. The van der Waals surface area contributed by atoms with Gasteiger partial charge in [-0.1, -0.05) is 12.1 Å². The molecule has 3 aromatic rings. The third kappa shape index (κ3) is 2.84. The smallest absolute Gasteiger partial charge is 0.272 e. The molecule has 0 spiro atoms. The second-order valence-electron chi connectivity index (χ2n) is 4.77. The molecule has 0 radical (unpaired) electrons. The van der Waals surface area contributed by atoms with Crippen LogP contribution in [0.3, 0.4) is 0 Å². The van der Waals surface area contributed by atoms with Crippen molar-refractivity contribution >= 4 is 11.6 Å². The molecular weight excluding hydrogens is 262 g/mol. The third-order valence-corrected chi connectivity index (χ3v) is 3.33. The summed E-state index contributed by atoms with van der Waals surface area (Å²) in [4.78, 5) is 16.1. The monoisotopic (exact) mass is 277 g/mol. The molecule has 1 aromatic carbocycles. The van der Waals surface area contributed by atoms with E-state index in [1.807, 2.05) is 55.7 Å². The van der Waals surface area contributed by atoms with Gasteiger partial charge in [-0.15, -0.1) is 0 Å². The lowest BCUT2D eigenvalue weighted by Gasteiger charge is -2.07. The Morgan fingerprint density at radius 2 is 1.67 bits per heavy atom. The summed E-state index contributed by atoms with van der Waals surface area (Å²) < 4.78 is 1.79. The minimum atomic E-state index is -0.112. The summed E-state index contributed by atoms with van der Waals surface area (Å²) in [6.45, 7) is 0. The van der Waals surface area contributed by atoms with Crippen LogP contribution in [0.1, 0.15) is 10.5 Å². The van der Waals surface area contributed by atoms with Gasteiger partial charge in [0.25, 0.3) is 5.91 Å². The van der Waals surface area contributed by atoms with Gasteiger partial charge in [-0.3, -0.25) is 9.78 Å². The van der Waals surface area contributed by atoms with Crippen molar-refractivity contribution in [2.24, 2.45) is 7.05 Å². The summed E-state index contributed by atoms with van der Waals surface area (Å²) in [6.07, 6.45) is 5.38. The number of hydrogen-bond acceptors (Lipinski definition) is 2. The van der Waals surface area contributed by atoms with E-state index in [4.69, 9.17) is 0 Å². The fourth-order valence-electron chi connectivity index (χ4n) is 2.18. The Labute approximate surface area is 123 Å². The number of nitrogens with one attached hydrogen (secondary N) is 1. The number of aryl methyl sites for hydroxylation is 1. The van der Waals surface area contributed by atoms with Crippen LogP contribution in [0.25, 0.3) is 11.1 Å². The normalized spacial score (nSPS) is 10.3. The topological polar surface area (TPSA) is 46.9 Å². The maximum absolute atomic E-state index is 12.1. The number of nitrogens with zero attached hydrogens (tertiary/aromatic N) is 2. The molecule has 0 fully saturated rings. The van der Waals surface area contributed by atoms with Gasteiger partial charge in [-0.25, -0.2) is 0 Å². The van der Waals surface area contributed by atoms with Crippen LogP contribution >= 0.6 is 0 Å². The molecule has 4 heteroatoms. The molecular formula is C17H15N3O. The van der Waals surface area contributed by atoms with Crippen LogP contribution < -0.4 is 5.32 Å². The molecule has 4 nitrogen and oxygen atoms in total. The maximum atomic E-state index is 12.1. The Hall–Kier alpha value is -2.88. The first-order valence-corrected chi connectivity index (χ1v) is 6.67. The van der Waals surface area contributed by atoms with Gasteiger partial charge in [0, 0.05) is 31.3 Å². The number of carbonyl (C=O) groups is 1. The Bertz CT molecular complexity index is 745. The van der Waals surface area contributed by atoms with E-state index in [1.54, 1.807) is 23.0 Å². The average Bonchev–Trinajstić information content (AvgIpc) is 2.95. The van der Waals surface area contributed by atoms with Crippen molar-refractivity contribution in [3.63, 3.8) is 0 Å². The lowest BCUT2D eigenvalue weighted by atomic mass is 10.1. The molecule has 0 atom stereocenters. The lowest BCUT2D eigenvalue weighted by molar-refractivity contribution is 0.101. The third-order valence-electron chi connectivity index (χ3n) is 3.33. The largest absolute Gasteiger partial charge is 0.347 e. The second kappa shape index (κ2) is 5.63. The molecule has 0 bridgehead atoms. The number of anilines is 1. The SMILES string of the molecule is Cn1cccc1C(=O)Nc1ccc(-c2ccncc2)cc1. The first-order chi connectivity index (χ1) is 10.2. The van der Waals surface area contributed by atoms with Gasteiger partial charge < -0.3 is 9.88 Å². The molecule has 0 saturated heterocycles. The number of aromatic nitrogens is 2. The van der Waals surface area contributed by atoms with Crippen molar-refractivity contribution < 1.29 is 4.79 Å². The fourth-order valence-corrected chi connectivity index (χ4v) is 2.18. The van der Waals surface area contributed by atoms with Crippen LogP contribution in [0.4, 0.5) is 5.69 Å². The molecule has 1 amide bonds. The number of rotatable bonds is 3. The predicted molar refractivity (Wildman–Crippen MR) is 83.0 cm³/mol. The molecule has 0 saturated carbocycles. The molecule has 0 unspecified atom stereocenters. The van der Waals surface area contributed by atoms with Gasteiger partial charge in [0.15, 0.2) is 0 Å². The number of pyridine rings is 1. The van der Waals surface area contributed by atoms with Gasteiger partial charge in [0.1, 0.15) is 5.69 Å². The average molecular weight is 277 g/mol. The molecule has 0 aliphatic heterocycles. The summed E-state index contributed by atoms with van der Waals surface area (Å²) in [6, 6.07) is 15.3. The van der Waals surface area contributed by atoms with Crippen molar-refractivity contribution in [1.82, 2.24) is 9.55 Å².